The van der Waals surface area contributed by atoms with Crippen molar-refractivity contribution in [3.05, 3.63) is 25.2 Å². The fourth-order valence-corrected chi connectivity index (χ4v) is 1.88. The first-order chi connectivity index (χ1) is 4.63. The third-order valence-electron chi connectivity index (χ3n) is 1.07. The largest absolute Gasteiger partial charge is 0.398 e. The Morgan fingerprint density at radius 3 is 2.60 bits per heavy atom. The van der Waals surface area contributed by atoms with Crippen molar-refractivity contribution in [2.75, 3.05) is 5.73 Å². The maximum Gasteiger partial charge on any atom is 0.0702 e. The Bertz CT molecular complexity index is 237. The lowest BCUT2D eigenvalue weighted by atomic mass is 10.3. The standard InChI is InChI=1S/C6H4BrClIN/c7-3-1-2-4(10)6(9)5(3)8/h1-2H,10H2. The summed E-state index contributed by atoms with van der Waals surface area (Å²) in [6, 6.07) is 3.65. The summed E-state index contributed by atoms with van der Waals surface area (Å²) < 4.78 is 1.78. The van der Waals surface area contributed by atoms with Crippen molar-refractivity contribution in [1.82, 2.24) is 0 Å². The molecule has 1 aromatic rings. The molecule has 0 aliphatic carbocycles. The molecular weight excluding hydrogens is 328 g/mol. The first-order valence-corrected chi connectivity index (χ1v) is 4.77. The number of benzene rings is 1. The summed E-state index contributed by atoms with van der Waals surface area (Å²) in [6.45, 7) is 0. The maximum atomic E-state index is 5.85. The highest BCUT2D eigenvalue weighted by atomic mass is 127. The highest BCUT2D eigenvalue weighted by Gasteiger charge is 2.03. The molecule has 0 unspecified atom stereocenters. The van der Waals surface area contributed by atoms with Crippen molar-refractivity contribution in [2.24, 2.45) is 0 Å². The van der Waals surface area contributed by atoms with E-state index in [0.717, 1.165) is 8.04 Å². The van der Waals surface area contributed by atoms with E-state index >= 15 is 0 Å². The summed E-state index contributed by atoms with van der Waals surface area (Å²) in [4.78, 5) is 0. The van der Waals surface area contributed by atoms with E-state index in [2.05, 4.69) is 38.5 Å². The summed E-state index contributed by atoms with van der Waals surface area (Å²) in [5.74, 6) is 0. The van der Waals surface area contributed by atoms with E-state index < -0.39 is 0 Å². The van der Waals surface area contributed by atoms with Crippen molar-refractivity contribution in [3.63, 3.8) is 0 Å². The van der Waals surface area contributed by atoms with Crippen molar-refractivity contribution in [1.29, 1.82) is 0 Å². The van der Waals surface area contributed by atoms with Gasteiger partial charge in [0, 0.05) is 10.2 Å². The van der Waals surface area contributed by atoms with Crippen molar-refractivity contribution in [3.8, 4) is 0 Å². The Morgan fingerprint density at radius 1 is 1.50 bits per heavy atom. The van der Waals surface area contributed by atoms with Gasteiger partial charge in [-0.25, -0.2) is 0 Å². The number of hydrogen-bond donors (Lipinski definition) is 1. The van der Waals surface area contributed by atoms with Crippen LogP contribution in [0.25, 0.3) is 0 Å². The Labute approximate surface area is 86.2 Å². The van der Waals surface area contributed by atoms with Crippen molar-refractivity contribution in [2.45, 2.75) is 0 Å². The molecule has 0 spiro atoms. The van der Waals surface area contributed by atoms with Crippen LogP contribution in [0.3, 0.4) is 0 Å². The second kappa shape index (κ2) is 3.28. The zero-order valence-electron chi connectivity index (χ0n) is 4.87. The smallest absolute Gasteiger partial charge is 0.0702 e. The van der Waals surface area contributed by atoms with Crippen LogP contribution in [-0.4, -0.2) is 0 Å². The van der Waals surface area contributed by atoms with Gasteiger partial charge in [-0.1, -0.05) is 11.6 Å². The molecule has 4 heteroatoms. The van der Waals surface area contributed by atoms with Gasteiger partial charge in [-0.05, 0) is 50.7 Å². The number of nitrogens with two attached hydrogens (primary N) is 1. The van der Waals surface area contributed by atoms with E-state index in [9.17, 15) is 0 Å². The van der Waals surface area contributed by atoms with Gasteiger partial charge in [0.05, 0.1) is 8.59 Å². The summed E-state index contributed by atoms with van der Waals surface area (Å²) in [6.07, 6.45) is 0. The van der Waals surface area contributed by atoms with Gasteiger partial charge in [0.15, 0.2) is 0 Å². The first-order valence-electron chi connectivity index (χ1n) is 2.52. The molecule has 0 atom stereocenters. The van der Waals surface area contributed by atoms with Gasteiger partial charge in [0.1, 0.15) is 0 Å². The average Bonchev–Trinajstić information content (AvgIpc) is 1.93. The van der Waals surface area contributed by atoms with E-state index in [0.29, 0.717) is 10.7 Å². The Morgan fingerprint density at radius 2 is 2.10 bits per heavy atom. The lowest BCUT2D eigenvalue weighted by molar-refractivity contribution is 1.58. The number of nitrogen functional groups attached to an aromatic ring is 1. The summed E-state index contributed by atoms with van der Waals surface area (Å²) in [5, 5.41) is 0.681. The van der Waals surface area contributed by atoms with Crippen LogP contribution >= 0.6 is 50.1 Å². The minimum Gasteiger partial charge on any atom is -0.398 e. The van der Waals surface area contributed by atoms with Gasteiger partial charge in [0.25, 0.3) is 0 Å². The fourth-order valence-electron chi connectivity index (χ4n) is 0.541. The number of rotatable bonds is 0. The second-order valence-electron chi connectivity index (χ2n) is 1.76. The van der Waals surface area contributed by atoms with Crippen LogP contribution in [0.4, 0.5) is 5.69 Å². The third kappa shape index (κ3) is 1.57. The van der Waals surface area contributed by atoms with Crippen LogP contribution in [0.5, 0.6) is 0 Å². The van der Waals surface area contributed by atoms with Gasteiger partial charge in [-0.3, -0.25) is 0 Å². The van der Waals surface area contributed by atoms with E-state index in [-0.39, 0.29) is 0 Å². The van der Waals surface area contributed by atoms with Crippen LogP contribution in [-0.2, 0) is 0 Å². The molecule has 0 heterocycles. The van der Waals surface area contributed by atoms with Crippen LogP contribution in [0.15, 0.2) is 16.6 Å². The topological polar surface area (TPSA) is 26.0 Å². The van der Waals surface area contributed by atoms with Crippen LogP contribution < -0.4 is 5.73 Å². The second-order valence-corrected chi connectivity index (χ2v) is 4.08. The lowest BCUT2D eigenvalue weighted by Crippen LogP contribution is -1.89. The molecule has 0 radical (unpaired) electrons. The lowest BCUT2D eigenvalue weighted by Gasteiger charge is -2.01. The number of anilines is 1. The van der Waals surface area contributed by atoms with Gasteiger partial charge in [0.2, 0.25) is 0 Å². The predicted molar refractivity (Wildman–Crippen MR) is 56.3 cm³/mol. The predicted octanol–water partition coefficient (Wildman–Crippen LogP) is 3.29. The van der Waals surface area contributed by atoms with Crippen molar-refractivity contribution < 1.29 is 0 Å². The normalized spacial score (nSPS) is 9.90. The molecule has 0 aliphatic heterocycles. The Hall–Kier alpha value is 0.520. The molecule has 1 rings (SSSR count). The fraction of sp³-hybridized carbons (Fsp3) is 0. The molecule has 0 saturated heterocycles. The molecule has 1 nitrogen and oxygen atoms in total. The number of hydrogen-bond acceptors (Lipinski definition) is 1. The Balaban J connectivity index is 3.34. The summed E-state index contributed by atoms with van der Waals surface area (Å²) in [7, 11) is 0. The number of halogens is 3. The molecule has 2 N–H and O–H groups in total. The van der Waals surface area contributed by atoms with Gasteiger partial charge in [-0.2, -0.15) is 0 Å². The van der Waals surface area contributed by atoms with E-state index in [1.165, 1.54) is 0 Å². The van der Waals surface area contributed by atoms with Crippen LogP contribution in [0.2, 0.25) is 5.02 Å². The highest BCUT2D eigenvalue weighted by molar-refractivity contribution is 14.1. The molecule has 0 amide bonds. The van der Waals surface area contributed by atoms with E-state index in [1.54, 1.807) is 0 Å². The summed E-state index contributed by atoms with van der Waals surface area (Å²) in [5.41, 5.74) is 6.29. The minimum atomic E-state index is 0.681. The Kier molecular flexibility index (Phi) is 2.82. The van der Waals surface area contributed by atoms with Gasteiger partial charge >= 0.3 is 0 Å². The third-order valence-corrected chi connectivity index (χ3v) is 3.83. The minimum absolute atomic E-state index is 0.681. The zero-order chi connectivity index (χ0) is 7.72. The SMILES string of the molecule is Nc1ccc(Br)c(Cl)c1I. The highest BCUT2D eigenvalue weighted by Crippen LogP contribution is 2.30. The van der Waals surface area contributed by atoms with Crippen molar-refractivity contribution >= 4 is 55.8 Å². The molecule has 0 saturated carbocycles. The molecule has 0 fully saturated rings. The van der Waals surface area contributed by atoms with E-state index in [1.807, 2.05) is 12.1 Å². The molecule has 0 aliphatic rings. The molecule has 54 valence electrons. The zero-order valence-corrected chi connectivity index (χ0v) is 9.37. The molecular formula is C6H4BrClIN. The molecule has 0 bridgehead atoms. The van der Waals surface area contributed by atoms with Gasteiger partial charge < -0.3 is 5.73 Å². The van der Waals surface area contributed by atoms with Gasteiger partial charge in [-0.15, -0.1) is 0 Å². The monoisotopic (exact) mass is 331 g/mol. The molecule has 0 aromatic heterocycles. The van der Waals surface area contributed by atoms with Crippen LogP contribution in [0, 0.1) is 3.57 Å². The molecule has 10 heavy (non-hydrogen) atoms. The maximum absolute atomic E-state index is 5.85. The average molecular weight is 332 g/mol. The quantitative estimate of drug-likeness (QED) is 0.440. The van der Waals surface area contributed by atoms with E-state index in [4.69, 9.17) is 17.3 Å². The summed E-state index contributed by atoms with van der Waals surface area (Å²) >= 11 is 11.2. The molecule has 1 aromatic carbocycles. The van der Waals surface area contributed by atoms with Crippen LogP contribution in [0.1, 0.15) is 0 Å². The first kappa shape index (κ1) is 8.62.